The van der Waals surface area contributed by atoms with Crippen LogP contribution >= 0.6 is 11.8 Å². The first-order valence-electron chi connectivity index (χ1n) is 6.97. The van der Waals surface area contributed by atoms with E-state index in [1.807, 2.05) is 13.2 Å². The Morgan fingerprint density at radius 3 is 2.60 bits per heavy atom. The quantitative estimate of drug-likeness (QED) is 0.743. The van der Waals surface area contributed by atoms with Crippen molar-refractivity contribution in [3.05, 3.63) is 0 Å². The number of likely N-dealkylation sites (tertiary alicyclic amines) is 1. The number of nitrogens with one attached hydrogen (secondary N) is 1. The molecule has 7 heteroatoms. The third-order valence-electron chi connectivity index (χ3n) is 3.34. The van der Waals surface area contributed by atoms with Crippen LogP contribution in [0.5, 0.6) is 0 Å². The van der Waals surface area contributed by atoms with Crippen molar-refractivity contribution in [2.45, 2.75) is 38.3 Å². The lowest BCUT2D eigenvalue weighted by Crippen LogP contribution is -2.51. The van der Waals surface area contributed by atoms with Crippen LogP contribution in [0.4, 0.5) is 4.79 Å². The van der Waals surface area contributed by atoms with Gasteiger partial charge in [-0.3, -0.25) is 0 Å². The van der Waals surface area contributed by atoms with Crippen LogP contribution in [-0.4, -0.2) is 65.9 Å². The first-order valence-corrected chi connectivity index (χ1v) is 8.36. The lowest BCUT2D eigenvalue weighted by Gasteiger charge is -2.32. The molecule has 1 heterocycles. The van der Waals surface area contributed by atoms with Crippen LogP contribution in [-0.2, 0) is 9.53 Å². The molecular weight excluding hydrogens is 280 g/mol. The Hall–Kier alpha value is -0.950. The molecule has 6 nitrogen and oxygen atoms in total. The highest BCUT2D eigenvalue weighted by atomic mass is 32.2. The molecule has 0 saturated carbocycles. The van der Waals surface area contributed by atoms with Gasteiger partial charge in [0, 0.05) is 19.7 Å². The van der Waals surface area contributed by atoms with Crippen LogP contribution in [0.3, 0.4) is 0 Å². The lowest BCUT2D eigenvalue weighted by atomic mass is 10.1. The topological polar surface area (TPSA) is 78.9 Å². The molecule has 0 aliphatic carbocycles. The Balaban J connectivity index is 2.39. The van der Waals surface area contributed by atoms with Crippen LogP contribution in [0.1, 0.15) is 26.2 Å². The van der Waals surface area contributed by atoms with Gasteiger partial charge in [-0.25, -0.2) is 9.59 Å². The molecule has 116 valence electrons. The fourth-order valence-electron chi connectivity index (χ4n) is 2.19. The zero-order valence-electron chi connectivity index (χ0n) is 12.1. The van der Waals surface area contributed by atoms with E-state index < -0.39 is 12.0 Å². The van der Waals surface area contributed by atoms with Crippen LogP contribution in [0.15, 0.2) is 0 Å². The van der Waals surface area contributed by atoms with E-state index in [-0.39, 0.29) is 12.1 Å². The monoisotopic (exact) mass is 304 g/mol. The van der Waals surface area contributed by atoms with Crippen molar-refractivity contribution in [3.8, 4) is 0 Å². The summed E-state index contributed by atoms with van der Waals surface area (Å²) in [6.07, 6.45) is 4.20. The third-order valence-corrected chi connectivity index (χ3v) is 3.98. The normalized spacial score (nSPS) is 17.8. The lowest BCUT2D eigenvalue weighted by molar-refractivity contribution is -0.139. The maximum Gasteiger partial charge on any atom is 0.326 e. The molecule has 0 aromatic heterocycles. The van der Waals surface area contributed by atoms with E-state index in [0.717, 1.165) is 12.8 Å². The minimum absolute atomic E-state index is 0.218. The number of rotatable bonds is 7. The predicted molar refractivity (Wildman–Crippen MR) is 79.2 cm³/mol. The van der Waals surface area contributed by atoms with Gasteiger partial charge in [0.25, 0.3) is 0 Å². The van der Waals surface area contributed by atoms with Gasteiger partial charge >= 0.3 is 12.0 Å². The molecule has 0 radical (unpaired) electrons. The van der Waals surface area contributed by atoms with Crippen molar-refractivity contribution in [2.75, 3.05) is 31.7 Å². The van der Waals surface area contributed by atoms with E-state index in [0.29, 0.717) is 31.9 Å². The van der Waals surface area contributed by atoms with Crippen LogP contribution in [0.2, 0.25) is 0 Å². The smallest absolute Gasteiger partial charge is 0.326 e. The fraction of sp³-hybridized carbons (Fsp3) is 0.846. The summed E-state index contributed by atoms with van der Waals surface area (Å²) < 4.78 is 5.53. The average Bonchev–Trinajstić information content (AvgIpc) is 2.44. The number of carboxylic acids is 1. The molecule has 1 unspecified atom stereocenters. The molecule has 0 bridgehead atoms. The molecule has 2 amide bonds. The molecule has 1 saturated heterocycles. The summed E-state index contributed by atoms with van der Waals surface area (Å²) in [5.74, 6) is -0.263. The number of thioether (sulfide) groups is 1. The van der Waals surface area contributed by atoms with E-state index in [1.54, 1.807) is 16.7 Å². The molecule has 0 aromatic carbocycles. The van der Waals surface area contributed by atoms with Gasteiger partial charge in [0.1, 0.15) is 6.04 Å². The highest BCUT2D eigenvalue weighted by molar-refractivity contribution is 7.98. The van der Waals surface area contributed by atoms with Crippen molar-refractivity contribution in [1.82, 2.24) is 10.2 Å². The predicted octanol–water partition coefficient (Wildman–Crippen LogP) is 1.40. The number of amides is 2. The fourth-order valence-corrected chi connectivity index (χ4v) is 2.67. The Morgan fingerprint density at radius 1 is 1.45 bits per heavy atom. The number of nitrogens with zero attached hydrogens (tertiary/aromatic N) is 1. The number of carbonyl (C=O) groups is 2. The molecule has 2 N–H and O–H groups in total. The molecule has 1 rings (SSSR count). The summed E-state index contributed by atoms with van der Waals surface area (Å²) in [6, 6.07) is -1.09. The first-order chi connectivity index (χ1) is 9.58. The Kier molecular flexibility index (Phi) is 7.76. The average molecular weight is 304 g/mol. The number of hydrogen-bond donors (Lipinski definition) is 2. The van der Waals surface area contributed by atoms with Gasteiger partial charge in [-0.1, -0.05) is 0 Å². The standard InChI is InChI=1S/C13H24N2O4S/c1-3-19-10-4-7-15(8-5-10)13(18)14-11(12(16)17)6-9-20-2/h10-11H,3-9H2,1-2H3,(H,14,18)(H,16,17). The van der Waals surface area contributed by atoms with Crippen molar-refractivity contribution in [1.29, 1.82) is 0 Å². The molecule has 1 fully saturated rings. The van der Waals surface area contributed by atoms with E-state index in [2.05, 4.69) is 5.32 Å². The van der Waals surface area contributed by atoms with Crippen LogP contribution in [0.25, 0.3) is 0 Å². The maximum absolute atomic E-state index is 12.0. The van der Waals surface area contributed by atoms with Crippen LogP contribution in [0, 0.1) is 0 Å². The Bertz CT molecular complexity index is 319. The number of urea groups is 1. The molecule has 0 spiro atoms. The summed E-state index contributed by atoms with van der Waals surface area (Å²) in [5, 5.41) is 11.7. The second kappa shape index (κ2) is 9.07. The minimum Gasteiger partial charge on any atom is -0.480 e. The number of carbonyl (C=O) groups excluding carboxylic acids is 1. The summed E-state index contributed by atoms with van der Waals surface area (Å²) in [6.45, 7) is 3.88. The highest BCUT2D eigenvalue weighted by Gasteiger charge is 2.26. The SMILES string of the molecule is CCOC1CCN(C(=O)NC(CCSC)C(=O)O)CC1. The van der Waals surface area contributed by atoms with E-state index in [1.165, 1.54) is 0 Å². The minimum atomic E-state index is -0.975. The Labute approximate surface area is 124 Å². The molecule has 1 aliphatic rings. The van der Waals surface area contributed by atoms with E-state index >= 15 is 0 Å². The number of piperidine rings is 1. The molecular formula is C13H24N2O4S. The van der Waals surface area contributed by atoms with Gasteiger partial charge in [-0.05, 0) is 38.2 Å². The molecule has 20 heavy (non-hydrogen) atoms. The van der Waals surface area contributed by atoms with Gasteiger partial charge in [-0.15, -0.1) is 0 Å². The van der Waals surface area contributed by atoms with Crippen LogP contribution < -0.4 is 5.32 Å². The van der Waals surface area contributed by atoms with Gasteiger partial charge in [0.15, 0.2) is 0 Å². The zero-order chi connectivity index (χ0) is 15.0. The second-order valence-corrected chi connectivity index (χ2v) is 5.75. The second-order valence-electron chi connectivity index (χ2n) is 4.76. The largest absolute Gasteiger partial charge is 0.480 e. The molecule has 1 aliphatic heterocycles. The molecule has 0 aromatic rings. The Morgan fingerprint density at radius 2 is 2.10 bits per heavy atom. The van der Waals surface area contributed by atoms with E-state index in [4.69, 9.17) is 9.84 Å². The number of ether oxygens (including phenoxy) is 1. The highest BCUT2D eigenvalue weighted by Crippen LogP contribution is 2.14. The number of carboxylic acid groups (broad SMARTS) is 1. The van der Waals surface area contributed by atoms with Crippen molar-refractivity contribution in [2.24, 2.45) is 0 Å². The van der Waals surface area contributed by atoms with E-state index in [9.17, 15) is 9.59 Å². The number of hydrogen-bond acceptors (Lipinski definition) is 4. The maximum atomic E-state index is 12.0. The van der Waals surface area contributed by atoms with Crippen molar-refractivity contribution < 1.29 is 19.4 Å². The summed E-state index contributed by atoms with van der Waals surface area (Å²) in [4.78, 5) is 24.8. The first kappa shape index (κ1) is 17.1. The van der Waals surface area contributed by atoms with Gasteiger partial charge < -0.3 is 20.1 Å². The molecule has 1 atom stereocenters. The van der Waals surface area contributed by atoms with Gasteiger partial charge in [0.05, 0.1) is 6.10 Å². The van der Waals surface area contributed by atoms with Gasteiger partial charge in [0.2, 0.25) is 0 Å². The summed E-state index contributed by atoms with van der Waals surface area (Å²) in [7, 11) is 0. The number of aliphatic carboxylic acids is 1. The third kappa shape index (κ3) is 5.58. The van der Waals surface area contributed by atoms with Crippen molar-refractivity contribution >= 4 is 23.8 Å². The summed E-state index contributed by atoms with van der Waals surface area (Å²) >= 11 is 1.57. The summed E-state index contributed by atoms with van der Waals surface area (Å²) in [5.41, 5.74) is 0. The van der Waals surface area contributed by atoms with Gasteiger partial charge in [-0.2, -0.15) is 11.8 Å². The van der Waals surface area contributed by atoms with Crippen molar-refractivity contribution in [3.63, 3.8) is 0 Å². The zero-order valence-corrected chi connectivity index (χ0v) is 12.9.